The Kier molecular flexibility index (Phi) is 7.36. The Bertz CT molecular complexity index is 1240. The molecule has 2 aromatic carbocycles. The SMILES string of the molecule is Cc1noc2nc(-c3ccccc3)cc(C(=O)OCC(=O)NCCCSc3ccccc3)c12. The van der Waals surface area contributed by atoms with Crippen LogP contribution in [0.3, 0.4) is 0 Å². The van der Waals surface area contributed by atoms with E-state index in [1.807, 2.05) is 48.5 Å². The average Bonchev–Trinajstić information content (AvgIpc) is 3.23. The van der Waals surface area contributed by atoms with Crippen LogP contribution >= 0.6 is 11.8 Å². The highest BCUT2D eigenvalue weighted by molar-refractivity contribution is 7.99. The Hall–Kier alpha value is -3.65. The summed E-state index contributed by atoms with van der Waals surface area (Å²) in [6.07, 6.45) is 0.810. The van der Waals surface area contributed by atoms with Crippen LogP contribution in [0.25, 0.3) is 22.4 Å². The molecule has 0 aliphatic rings. The van der Waals surface area contributed by atoms with Gasteiger partial charge < -0.3 is 14.6 Å². The van der Waals surface area contributed by atoms with Crippen molar-refractivity contribution in [2.75, 3.05) is 18.9 Å². The third-order valence-electron chi connectivity index (χ3n) is 4.90. The van der Waals surface area contributed by atoms with E-state index in [4.69, 9.17) is 9.26 Å². The minimum Gasteiger partial charge on any atom is -0.452 e. The number of hydrogen-bond acceptors (Lipinski definition) is 7. The number of thioether (sulfide) groups is 1. The zero-order valence-corrected chi connectivity index (χ0v) is 18.9. The van der Waals surface area contributed by atoms with Crippen molar-refractivity contribution in [1.29, 1.82) is 0 Å². The normalized spacial score (nSPS) is 10.8. The van der Waals surface area contributed by atoms with Gasteiger partial charge in [-0.1, -0.05) is 53.7 Å². The molecule has 4 aromatic rings. The smallest absolute Gasteiger partial charge is 0.339 e. The number of amides is 1. The van der Waals surface area contributed by atoms with E-state index in [-0.39, 0.29) is 23.8 Å². The highest BCUT2D eigenvalue weighted by atomic mass is 32.2. The second-order valence-corrected chi connectivity index (χ2v) is 8.48. The fraction of sp³-hybridized carbons (Fsp3) is 0.200. The first-order chi connectivity index (χ1) is 16.1. The molecule has 2 aromatic heterocycles. The quantitative estimate of drug-likeness (QED) is 0.220. The van der Waals surface area contributed by atoms with E-state index < -0.39 is 5.97 Å². The highest BCUT2D eigenvalue weighted by Gasteiger charge is 2.21. The van der Waals surface area contributed by atoms with Crippen LogP contribution in [-0.4, -0.2) is 40.9 Å². The predicted molar refractivity (Wildman–Crippen MR) is 127 cm³/mol. The van der Waals surface area contributed by atoms with Gasteiger partial charge in [0.2, 0.25) is 0 Å². The maximum Gasteiger partial charge on any atom is 0.339 e. The van der Waals surface area contributed by atoms with Crippen molar-refractivity contribution < 1.29 is 18.8 Å². The van der Waals surface area contributed by atoms with Crippen molar-refractivity contribution >= 4 is 34.7 Å². The molecule has 0 radical (unpaired) electrons. The van der Waals surface area contributed by atoms with Gasteiger partial charge in [-0.2, -0.15) is 0 Å². The summed E-state index contributed by atoms with van der Waals surface area (Å²) in [5, 5.41) is 7.19. The van der Waals surface area contributed by atoms with E-state index in [1.165, 1.54) is 4.90 Å². The summed E-state index contributed by atoms with van der Waals surface area (Å²) in [6.45, 7) is 1.88. The molecule has 168 valence electrons. The first kappa shape index (κ1) is 22.5. The van der Waals surface area contributed by atoms with Crippen molar-refractivity contribution in [3.63, 3.8) is 0 Å². The number of aryl methyl sites for hydroxylation is 1. The number of rotatable bonds is 9. The highest BCUT2D eigenvalue weighted by Crippen LogP contribution is 2.27. The van der Waals surface area contributed by atoms with Gasteiger partial charge in [0, 0.05) is 17.0 Å². The molecular weight excluding hydrogens is 438 g/mol. The maximum absolute atomic E-state index is 12.8. The molecule has 0 spiro atoms. The summed E-state index contributed by atoms with van der Waals surface area (Å²) in [5.41, 5.74) is 2.44. The third kappa shape index (κ3) is 5.78. The molecule has 4 rings (SSSR count). The summed E-state index contributed by atoms with van der Waals surface area (Å²) in [5.74, 6) is -0.0852. The Morgan fingerprint density at radius 1 is 1.06 bits per heavy atom. The summed E-state index contributed by atoms with van der Waals surface area (Å²) in [7, 11) is 0. The van der Waals surface area contributed by atoms with Crippen molar-refractivity contribution in [2.45, 2.75) is 18.2 Å². The number of benzene rings is 2. The first-order valence-electron chi connectivity index (χ1n) is 10.6. The standard InChI is InChI=1S/C25H23N3O4S/c1-17-23-20(15-21(27-24(23)32-28-17)18-9-4-2-5-10-18)25(30)31-16-22(29)26-13-8-14-33-19-11-6-3-7-12-19/h2-7,9-12,15H,8,13-14,16H2,1H3,(H,26,29). The molecule has 8 heteroatoms. The Morgan fingerprint density at radius 3 is 2.55 bits per heavy atom. The van der Waals surface area contributed by atoms with Gasteiger partial charge in [0.05, 0.1) is 22.3 Å². The van der Waals surface area contributed by atoms with Crippen LogP contribution in [-0.2, 0) is 9.53 Å². The van der Waals surface area contributed by atoms with Gasteiger partial charge in [-0.25, -0.2) is 9.78 Å². The zero-order chi connectivity index (χ0) is 23.0. The number of carbonyl (C=O) groups excluding carboxylic acids is 2. The second kappa shape index (κ2) is 10.8. The largest absolute Gasteiger partial charge is 0.452 e. The molecular formula is C25H23N3O4S. The lowest BCUT2D eigenvalue weighted by Crippen LogP contribution is -2.29. The predicted octanol–water partition coefficient (Wildman–Crippen LogP) is 4.65. The van der Waals surface area contributed by atoms with Crippen LogP contribution in [0.2, 0.25) is 0 Å². The lowest BCUT2D eigenvalue weighted by Gasteiger charge is -2.09. The lowest BCUT2D eigenvalue weighted by atomic mass is 10.1. The molecule has 1 N–H and O–H groups in total. The van der Waals surface area contributed by atoms with Crippen molar-refractivity contribution in [3.05, 3.63) is 78.0 Å². The number of esters is 1. The molecule has 0 saturated heterocycles. The van der Waals surface area contributed by atoms with Crippen LogP contribution in [0.15, 0.2) is 76.1 Å². The minimum absolute atomic E-state index is 0.251. The van der Waals surface area contributed by atoms with Gasteiger partial charge in [-0.05, 0) is 37.3 Å². The molecule has 1 amide bonds. The van der Waals surface area contributed by atoms with Crippen LogP contribution in [0.4, 0.5) is 0 Å². The fourth-order valence-corrected chi connectivity index (χ4v) is 4.15. The van der Waals surface area contributed by atoms with Crippen LogP contribution in [0.5, 0.6) is 0 Å². The molecule has 0 saturated carbocycles. The second-order valence-electron chi connectivity index (χ2n) is 7.31. The zero-order valence-electron chi connectivity index (χ0n) is 18.1. The van der Waals surface area contributed by atoms with Gasteiger partial charge in [0.15, 0.2) is 6.61 Å². The molecule has 2 heterocycles. The van der Waals surface area contributed by atoms with Crippen LogP contribution in [0.1, 0.15) is 22.5 Å². The van der Waals surface area contributed by atoms with Crippen molar-refractivity contribution in [1.82, 2.24) is 15.5 Å². The van der Waals surface area contributed by atoms with E-state index in [2.05, 4.69) is 27.6 Å². The molecule has 0 aliphatic heterocycles. The van der Waals surface area contributed by atoms with E-state index in [0.29, 0.717) is 23.3 Å². The minimum atomic E-state index is -0.624. The topological polar surface area (TPSA) is 94.3 Å². The first-order valence-corrected chi connectivity index (χ1v) is 11.5. The van der Waals surface area contributed by atoms with Crippen molar-refractivity contribution in [2.24, 2.45) is 0 Å². The Labute approximate surface area is 195 Å². The maximum atomic E-state index is 12.8. The number of nitrogens with zero attached hydrogens (tertiary/aromatic N) is 2. The number of pyridine rings is 1. The fourth-order valence-electron chi connectivity index (χ4n) is 3.28. The average molecular weight is 462 g/mol. The summed E-state index contributed by atoms with van der Waals surface area (Å²) >= 11 is 1.73. The monoisotopic (exact) mass is 461 g/mol. The van der Waals surface area contributed by atoms with E-state index in [1.54, 1.807) is 24.8 Å². The molecule has 0 atom stereocenters. The number of aromatic nitrogens is 2. The lowest BCUT2D eigenvalue weighted by molar-refractivity contribution is -0.124. The summed E-state index contributed by atoms with van der Waals surface area (Å²) in [4.78, 5) is 30.6. The molecule has 7 nitrogen and oxygen atoms in total. The van der Waals surface area contributed by atoms with Crippen LogP contribution < -0.4 is 5.32 Å². The molecule has 0 bridgehead atoms. The van der Waals surface area contributed by atoms with E-state index >= 15 is 0 Å². The molecule has 0 fully saturated rings. The molecule has 0 aliphatic carbocycles. The summed E-state index contributed by atoms with van der Waals surface area (Å²) in [6, 6.07) is 21.2. The van der Waals surface area contributed by atoms with Gasteiger partial charge in [-0.3, -0.25) is 4.79 Å². The van der Waals surface area contributed by atoms with Gasteiger partial charge >= 0.3 is 5.97 Å². The van der Waals surface area contributed by atoms with E-state index in [9.17, 15) is 9.59 Å². The van der Waals surface area contributed by atoms with Gasteiger partial charge in [-0.15, -0.1) is 11.8 Å². The number of carbonyl (C=O) groups is 2. The van der Waals surface area contributed by atoms with Crippen molar-refractivity contribution in [3.8, 4) is 11.3 Å². The number of ether oxygens (including phenoxy) is 1. The van der Waals surface area contributed by atoms with Crippen LogP contribution in [0, 0.1) is 6.92 Å². The summed E-state index contributed by atoms with van der Waals surface area (Å²) < 4.78 is 10.6. The Morgan fingerprint density at radius 2 is 1.79 bits per heavy atom. The van der Waals surface area contributed by atoms with Gasteiger partial charge in [0.25, 0.3) is 11.6 Å². The molecule has 33 heavy (non-hydrogen) atoms. The Balaban J connectivity index is 1.33. The number of fused-ring (bicyclic) bond motifs is 1. The third-order valence-corrected chi connectivity index (χ3v) is 5.99. The van der Waals surface area contributed by atoms with E-state index in [0.717, 1.165) is 17.7 Å². The molecule has 0 unspecified atom stereocenters. The number of hydrogen-bond donors (Lipinski definition) is 1. The van der Waals surface area contributed by atoms with Gasteiger partial charge in [0.1, 0.15) is 0 Å². The number of nitrogens with one attached hydrogen (secondary N) is 1.